The quantitative estimate of drug-likeness (QED) is 0.697. The first-order valence-electron chi connectivity index (χ1n) is 5.40. The summed E-state index contributed by atoms with van der Waals surface area (Å²) in [5, 5.41) is 0. The molecule has 0 spiro atoms. The molecule has 1 saturated carbocycles. The van der Waals surface area contributed by atoms with Gasteiger partial charge in [0.2, 0.25) is 0 Å². The van der Waals surface area contributed by atoms with E-state index in [9.17, 15) is 8.42 Å². The highest BCUT2D eigenvalue weighted by Gasteiger charge is 2.53. The molecule has 0 aromatic carbocycles. The molecule has 1 aliphatic heterocycles. The number of nitrogens with zero attached hydrogens (tertiary/aromatic N) is 1. The highest BCUT2D eigenvalue weighted by Crippen LogP contribution is 2.43. The van der Waals surface area contributed by atoms with Crippen molar-refractivity contribution >= 4 is 10.2 Å². The van der Waals surface area contributed by atoms with Gasteiger partial charge in [-0.1, -0.05) is 0 Å². The zero-order valence-electron chi connectivity index (χ0n) is 9.23. The van der Waals surface area contributed by atoms with Crippen molar-refractivity contribution in [3.63, 3.8) is 0 Å². The molecule has 0 bridgehead atoms. The minimum absolute atomic E-state index is 0.0660. The van der Waals surface area contributed by atoms with E-state index in [-0.39, 0.29) is 11.6 Å². The number of hydrogen-bond donors (Lipinski definition) is 2. The summed E-state index contributed by atoms with van der Waals surface area (Å²) in [7, 11) is -3.30. The molecule has 1 heterocycles. The highest BCUT2D eigenvalue weighted by molar-refractivity contribution is 7.87. The molecule has 88 valence electrons. The summed E-state index contributed by atoms with van der Waals surface area (Å²) in [4.78, 5) is 0. The zero-order chi connectivity index (χ0) is 11.3. The lowest BCUT2D eigenvalue weighted by Gasteiger charge is -2.47. The van der Waals surface area contributed by atoms with Gasteiger partial charge in [-0.15, -0.1) is 0 Å². The Kier molecular flexibility index (Phi) is 2.57. The van der Waals surface area contributed by atoms with E-state index in [1.165, 1.54) is 4.31 Å². The molecule has 5 nitrogen and oxygen atoms in total. The smallest absolute Gasteiger partial charge is 0.279 e. The SMILES string of the molecule is CC(C)NS(=O)(=O)N1CC(N)(C2CC2)C1. The predicted molar refractivity (Wildman–Crippen MR) is 58.4 cm³/mol. The van der Waals surface area contributed by atoms with E-state index in [0.29, 0.717) is 19.0 Å². The monoisotopic (exact) mass is 233 g/mol. The van der Waals surface area contributed by atoms with Gasteiger partial charge in [0, 0.05) is 24.7 Å². The van der Waals surface area contributed by atoms with Crippen molar-refractivity contribution < 1.29 is 8.42 Å². The van der Waals surface area contributed by atoms with Crippen LogP contribution in [-0.2, 0) is 10.2 Å². The number of nitrogens with two attached hydrogens (primary N) is 1. The molecular formula is C9H19N3O2S. The van der Waals surface area contributed by atoms with Gasteiger partial charge >= 0.3 is 0 Å². The summed E-state index contributed by atoms with van der Waals surface area (Å²) in [5.41, 5.74) is 5.85. The lowest BCUT2D eigenvalue weighted by Crippen LogP contribution is -2.71. The van der Waals surface area contributed by atoms with E-state index in [1.807, 2.05) is 13.8 Å². The van der Waals surface area contributed by atoms with Gasteiger partial charge in [-0.3, -0.25) is 0 Å². The van der Waals surface area contributed by atoms with Crippen LogP contribution in [0.5, 0.6) is 0 Å². The van der Waals surface area contributed by atoms with Crippen LogP contribution in [0.2, 0.25) is 0 Å². The molecule has 0 amide bonds. The van der Waals surface area contributed by atoms with Crippen molar-refractivity contribution in [2.24, 2.45) is 11.7 Å². The molecule has 0 unspecified atom stereocenters. The summed E-state index contributed by atoms with van der Waals surface area (Å²) in [6.07, 6.45) is 2.31. The topological polar surface area (TPSA) is 75.4 Å². The molecule has 0 aromatic heterocycles. The second kappa shape index (κ2) is 3.41. The van der Waals surface area contributed by atoms with Crippen LogP contribution in [0.4, 0.5) is 0 Å². The Hall–Kier alpha value is -0.170. The van der Waals surface area contributed by atoms with Crippen LogP contribution in [0.25, 0.3) is 0 Å². The lowest BCUT2D eigenvalue weighted by atomic mass is 9.88. The van der Waals surface area contributed by atoms with E-state index >= 15 is 0 Å². The fourth-order valence-electron chi connectivity index (χ4n) is 2.07. The van der Waals surface area contributed by atoms with Crippen LogP contribution in [0.15, 0.2) is 0 Å². The molecule has 2 fully saturated rings. The van der Waals surface area contributed by atoms with E-state index in [1.54, 1.807) is 0 Å². The number of nitrogens with one attached hydrogen (secondary N) is 1. The maximum Gasteiger partial charge on any atom is 0.279 e. The second-order valence-corrected chi connectivity index (χ2v) is 6.76. The molecule has 6 heteroatoms. The maximum atomic E-state index is 11.7. The Labute approximate surface area is 91.2 Å². The van der Waals surface area contributed by atoms with Crippen molar-refractivity contribution in [3.05, 3.63) is 0 Å². The number of rotatable bonds is 4. The van der Waals surface area contributed by atoms with E-state index in [4.69, 9.17) is 5.73 Å². The van der Waals surface area contributed by atoms with Crippen molar-refractivity contribution in [1.82, 2.24) is 9.03 Å². The van der Waals surface area contributed by atoms with Crippen molar-refractivity contribution in [2.45, 2.75) is 38.3 Å². The van der Waals surface area contributed by atoms with Gasteiger partial charge in [-0.05, 0) is 32.6 Å². The van der Waals surface area contributed by atoms with Gasteiger partial charge < -0.3 is 5.73 Å². The van der Waals surface area contributed by atoms with E-state index in [2.05, 4.69) is 4.72 Å². The zero-order valence-corrected chi connectivity index (χ0v) is 10.0. The predicted octanol–water partition coefficient (Wildman–Crippen LogP) is -0.348. The second-order valence-electron chi connectivity index (χ2n) is 5.05. The fourth-order valence-corrected chi connectivity index (χ4v) is 3.63. The first-order valence-corrected chi connectivity index (χ1v) is 6.84. The molecule has 1 aliphatic carbocycles. The molecule has 2 aliphatic rings. The molecule has 0 aromatic rings. The van der Waals surface area contributed by atoms with Crippen LogP contribution >= 0.6 is 0 Å². The van der Waals surface area contributed by atoms with Gasteiger partial charge in [-0.25, -0.2) is 0 Å². The van der Waals surface area contributed by atoms with Gasteiger partial charge in [0.15, 0.2) is 0 Å². The first-order chi connectivity index (χ1) is 6.83. The standard InChI is InChI=1S/C9H19N3O2S/c1-7(2)11-15(13,14)12-5-9(10,6-12)8-3-4-8/h7-8,11H,3-6,10H2,1-2H3. The van der Waals surface area contributed by atoms with Gasteiger partial charge in [0.05, 0.1) is 0 Å². The largest absolute Gasteiger partial charge is 0.323 e. The van der Waals surface area contributed by atoms with Gasteiger partial charge in [0.25, 0.3) is 10.2 Å². The van der Waals surface area contributed by atoms with Crippen LogP contribution in [-0.4, -0.2) is 37.4 Å². The molecule has 15 heavy (non-hydrogen) atoms. The molecule has 0 atom stereocenters. The minimum atomic E-state index is -3.30. The van der Waals surface area contributed by atoms with Crippen molar-refractivity contribution in [2.75, 3.05) is 13.1 Å². The van der Waals surface area contributed by atoms with Gasteiger partial charge in [-0.2, -0.15) is 17.4 Å². The Morgan fingerprint density at radius 3 is 2.33 bits per heavy atom. The third-order valence-corrected chi connectivity index (χ3v) is 4.76. The van der Waals surface area contributed by atoms with Crippen LogP contribution < -0.4 is 10.5 Å². The first kappa shape index (κ1) is 11.3. The fraction of sp³-hybridized carbons (Fsp3) is 1.00. The third-order valence-electron chi connectivity index (χ3n) is 3.06. The molecular weight excluding hydrogens is 214 g/mol. The lowest BCUT2D eigenvalue weighted by molar-refractivity contribution is 0.133. The van der Waals surface area contributed by atoms with Crippen LogP contribution in [0.3, 0.4) is 0 Å². The molecule has 0 radical (unpaired) electrons. The Morgan fingerprint density at radius 1 is 1.40 bits per heavy atom. The summed E-state index contributed by atoms with van der Waals surface area (Å²) < 4.78 is 27.4. The maximum absolute atomic E-state index is 11.7. The van der Waals surface area contributed by atoms with E-state index in [0.717, 1.165) is 12.8 Å². The van der Waals surface area contributed by atoms with Crippen molar-refractivity contribution in [3.8, 4) is 0 Å². The van der Waals surface area contributed by atoms with Gasteiger partial charge in [0.1, 0.15) is 0 Å². The number of hydrogen-bond acceptors (Lipinski definition) is 3. The molecule has 3 N–H and O–H groups in total. The highest BCUT2D eigenvalue weighted by atomic mass is 32.2. The normalized spacial score (nSPS) is 26.7. The summed E-state index contributed by atoms with van der Waals surface area (Å²) in [6, 6.07) is -0.0660. The summed E-state index contributed by atoms with van der Waals surface area (Å²) in [5.74, 6) is 0.544. The summed E-state index contributed by atoms with van der Waals surface area (Å²) in [6.45, 7) is 4.57. The Bertz CT molecular complexity index is 342. The minimum Gasteiger partial charge on any atom is -0.323 e. The Balaban J connectivity index is 1.93. The third kappa shape index (κ3) is 2.18. The average Bonchev–Trinajstić information content (AvgIpc) is 2.77. The molecule has 2 rings (SSSR count). The Morgan fingerprint density at radius 2 is 1.93 bits per heavy atom. The van der Waals surface area contributed by atoms with E-state index < -0.39 is 10.2 Å². The summed E-state index contributed by atoms with van der Waals surface area (Å²) >= 11 is 0. The van der Waals surface area contributed by atoms with Crippen molar-refractivity contribution in [1.29, 1.82) is 0 Å². The molecule has 1 saturated heterocycles. The average molecular weight is 233 g/mol. The van der Waals surface area contributed by atoms with Crippen LogP contribution in [0.1, 0.15) is 26.7 Å². The van der Waals surface area contributed by atoms with Crippen LogP contribution in [0, 0.1) is 5.92 Å².